The first-order valence-electron chi connectivity index (χ1n) is 6.71. The van der Waals surface area contributed by atoms with E-state index in [-0.39, 0.29) is 0 Å². The summed E-state index contributed by atoms with van der Waals surface area (Å²) in [4.78, 5) is 6.46. The van der Waals surface area contributed by atoms with Crippen LogP contribution in [-0.4, -0.2) is 30.0 Å². The number of pyridine rings is 1. The van der Waals surface area contributed by atoms with Crippen molar-refractivity contribution in [3.63, 3.8) is 0 Å². The highest BCUT2D eigenvalue weighted by Gasteiger charge is 1.99. The molecule has 19 heavy (non-hydrogen) atoms. The number of nitrogens with one attached hydrogen (secondary N) is 1. The number of rotatable bonds is 7. The van der Waals surface area contributed by atoms with Gasteiger partial charge in [-0.25, -0.2) is 0 Å². The van der Waals surface area contributed by atoms with Gasteiger partial charge in [-0.05, 0) is 43.8 Å². The third kappa shape index (κ3) is 5.10. The number of anilines is 1. The van der Waals surface area contributed by atoms with Gasteiger partial charge in [-0.3, -0.25) is 4.98 Å². The molecule has 0 bridgehead atoms. The molecule has 0 saturated carbocycles. The number of hydrogen-bond donors (Lipinski definition) is 1. The van der Waals surface area contributed by atoms with E-state index in [9.17, 15) is 0 Å². The van der Waals surface area contributed by atoms with Crippen LogP contribution in [0.3, 0.4) is 0 Å². The molecular weight excluding hydrogens is 234 g/mol. The highest BCUT2D eigenvalue weighted by molar-refractivity contribution is 5.42. The number of nitrogens with zero attached hydrogens (tertiary/aromatic N) is 2. The molecule has 0 amide bonds. The molecule has 1 heterocycles. The zero-order valence-corrected chi connectivity index (χ0v) is 11.4. The lowest BCUT2D eigenvalue weighted by Crippen LogP contribution is -2.21. The second-order valence-corrected chi connectivity index (χ2v) is 4.75. The van der Waals surface area contributed by atoms with E-state index in [2.05, 4.69) is 52.6 Å². The molecule has 3 heteroatoms. The average Bonchev–Trinajstić information content (AvgIpc) is 2.46. The Hall–Kier alpha value is -1.87. The molecule has 0 saturated heterocycles. The Kier molecular flexibility index (Phi) is 5.38. The maximum absolute atomic E-state index is 4.13. The predicted molar refractivity (Wildman–Crippen MR) is 80.1 cm³/mol. The first-order chi connectivity index (χ1) is 9.34. The first-order valence-corrected chi connectivity index (χ1v) is 6.71. The lowest BCUT2D eigenvalue weighted by atomic mass is 10.2. The predicted octanol–water partition coefficient (Wildman–Crippen LogP) is 3.02. The summed E-state index contributed by atoms with van der Waals surface area (Å²) < 4.78 is 0. The number of para-hydroxylation sites is 1. The van der Waals surface area contributed by atoms with E-state index < -0.39 is 0 Å². The van der Waals surface area contributed by atoms with Gasteiger partial charge in [0, 0.05) is 31.2 Å². The Morgan fingerprint density at radius 1 is 1.11 bits per heavy atom. The Morgan fingerprint density at radius 2 is 1.95 bits per heavy atom. The molecule has 1 aromatic heterocycles. The summed E-state index contributed by atoms with van der Waals surface area (Å²) in [7, 11) is 2.15. The second kappa shape index (κ2) is 7.54. The van der Waals surface area contributed by atoms with Gasteiger partial charge < -0.3 is 10.2 Å². The van der Waals surface area contributed by atoms with Crippen molar-refractivity contribution in [3.05, 3.63) is 60.4 Å². The van der Waals surface area contributed by atoms with Gasteiger partial charge in [0.1, 0.15) is 0 Å². The van der Waals surface area contributed by atoms with E-state index in [1.54, 1.807) is 0 Å². The molecule has 0 aliphatic carbocycles. The van der Waals surface area contributed by atoms with Gasteiger partial charge in [0.2, 0.25) is 0 Å². The number of benzene rings is 1. The van der Waals surface area contributed by atoms with Crippen LogP contribution < -0.4 is 5.32 Å². The zero-order chi connectivity index (χ0) is 13.3. The third-order valence-electron chi connectivity index (χ3n) is 2.99. The third-order valence-corrected chi connectivity index (χ3v) is 2.99. The normalized spacial score (nSPS) is 10.6. The highest BCUT2D eigenvalue weighted by Crippen LogP contribution is 2.05. The summed E-state index contributed by atoms with van der Waals surface area (Å²) in [6.07, 6.45) is 4.87. The van der Waals surface area contributed by atoms with E-state index in [1.165, 1.54) is 11.3 Å². The summed E-state index contributed by atoms with van der Waals surface area (Å²) in [5.74, 6) is 0. The SMILES string of the molecule is CN(CCCNc1ccccc1)Cc1cccnc1. The van der Waals surface area contributed by atoms with Crippen molar-refractivity contribution in [1.29, 1.82) is 0 Å². The Bertz CT molecular complexity index is 456. The number of aromatic nitrogens is 1. The van der Waals surface area contributed by atoms with Crippen LogP contribution in [0, 0.1) is 0 Å². The molecule has 0 aliphatic heterocycles. The van der Waals surface area contributed by atoms with Gasteiger partial charge in [-0.1, -0.05) is 24.3 Å². The van der Waals surface area contributed by atoms with Crippen LogP contribution in [0.25, 0.3) is 0 Å². The van der Waals surface area contributed by atoms with E-state index in [4.69, 9.17) is 0 Å². The van der Waals surface area contributed by atoms with Crippen LogP contribution in [0.4, 0.5) is 5.69 Å². The molecule has 0 spiro atoms. The standard InChI is InChI=1S/C16H21N3/c1-19(14-15-7-5-10-17-13-15)12-6-11-18-16-8-3-2-4-9-16/h2-5,7-10,13,18H,6,11-12,14H2,1H3. The molecule has 1 N–H and O–H groups in total. The van der Waals surface area contributed by atoms with Crippen molar-refractivity contribution in [2.75, 3.05) is 25.5 Å². The minimum absolute atomic E-state index is 0.958. The summed E-state index contributed by atoms with van der Waals surface area (Å²) in [6, 6.07) is 14.4. The maximum Gasteiger partial charge on any atom is 0.0340 e. The van der Waals surface area contributed by atoms with Crippen LogP contribution in [-0.2, 0) is 6.54 Å². The minimum Gasteiger partial charge on any atom is -0.385 e. The summed E-state index contributed by atoms with van der Waals surface area (Å²) in [5, 5.41) is 3.42. The molecule has 1 aromatic carbocycles. The molecule has 0 aliphatic rings. The second-order valence-electron chi connectivity index (χ2n) is 4.75. The monoisotopic (exact) mass is 255 g/mol. The molecule has 2 rings (SSSR count). The molecule has 3 nitrogen and oxygen atoms in total. The van der Waals surface area contributed by atoms with E-state index >= 15 is 0 Å². The van der Waals surface area contributed by atoms with Gasteiger partial charge in [0.15, 0.2) is 0 Å². The van der Waals surface area contributed by atoms with Crippen molar-refractivity contribution in [2.24, 2.45) is 0 Å². The quantitative estimate of drug-likeness (QED) is 0.771. The largest absolute Gasteiger partial charge is 0.385 e. The molecule has 0 unspecified atom stereocenters. The van der Waals surface area contributed by atoms with Gasteiger partial charge in [-0.2, -0.15) is 0 Å². The van der Waals surface area contributed by atoms with Crippen LogP contribution in [0.1, 0.15) is 12.0 Å². The summed E-state index contributed by atoms with van der Waals surface area (Å²) >= 11 is 0. The zero-order valence-electron chi connectivity index (χ0n) is 11.4. The Morgan fingerprint density at radius 3 is 2.68 bits per heavy atom. The van der Waals surface area contributed by atoms with Crippen molar-refractivity contribution in [2.45, 2.75) is 13.0 Å². The van der Waals surface area contributed by atoms with Gasteiger partial charge in [0.25, 0.3) is 0 Å². The van der Waals surface area contributed by atoms with Gasteiger partial charge in [-0.15, -0.1) is 0 Å². The van der Waals surface area contributed by atoms with Gasteiger partial charge >= 0.3 is 0 Å². The van der Waals surface area contributed by atoms with Crippen LogP contribution in [0.2, 0.25) is 0 Å². The van der Waals surface area contributed by atoms with Crippen molar-refractivity contribution < 1.29 is 0 Å². The fourth-order valence-corrected chi connectivity index (χ4v) is 2.02. The van der Waals surface area contributed by atoms with Crippen LogP contribution in [0.15, 0.2) is 54.9 Å². The fraction of sp³-hybridized carbons (Fsp3) is 0.312. The molecule has 0 fully saturated rings. The topological polar surface area (TPSA) is 28.2 Å². The fourth-order valence-electron chi connectivity index (χ4n) is 2.02. The van der Waals surface area contributed by atoms with E-state index in [0.717, 1.165) is 26.1 Å². The van der Waals surface area contributed by atoms with Crippen molar-refractivity contribution >= 4 is 5.69 Å². The van der Waals surface area contributed by atoms with E-state index in [0.29, 0.717) is 0 Å². The molecule has 0 radical (unpaired) electrons. The Labute approximate surface area is 115 Å². The van der Waals surface area contributed by atoms with Crippen molar-refractivity contribution in [3.8, 4) is 0 Å². The Balaban J connectivity index is 1.63. The summed E-state index contributed by atoms with van der Waals surface area (Å²) in [5.41, 5.74) is 2.46. The highest BCUT2D eigenvalue weighted by atomic mass is 15.1. The lowest BCUT2D eigenvalue weighted by molar-refractivity contribution is 0.325. The average molecular weight is 255 g/mol. The molecular formula is C16H21N3. The first kappa shape index (κ1) is 13.6. The van der Waals surface area contributed by atoms with E-state index in [1.807, 2.05) is 24.5 Å². The molecule has 2 aromatic rings. The number of hydrogen-bond acceptors (Lipinski definition) is 3. The lowest BCUT2D eigenvalue weighted by Gasteiger charge is -2.16. The molecule has 100 valence electrons. The molecule has 0 atom stereocenters. The maximum atomic E-state index is 4.13. The smallest absolute Gasteiger partial charge is 0.0340 e. The van der Waals surface area contributed by atoms with Crippen LogP contribution >= 0.6 is 0 Å². The van der Waals surface area contributed by atoms with Crippen LogP contribution in [0.5, 0.6) is 0 Å². The van der Waals surface area contributed by atoms with Crippen molar-refractivity contribution in [1.82, 2.24) is 9.88 Å². The summed E-state index contributed by atoms with van der Waals surface area (Å²) in [6.45, 7) is 3.04. The minimum atomic E-state index is 0.958. The van der Waals surface area contributed by atoms with Gasteiger partial charge in [0.05, 0.1) is 0 Å².